The van der Waals surface area contributed by atoms with Crippen molar-refractivity contribution < 1.29 is 4.79 Å². The molecule has 0 heterocycles. The second kappa shape index (κ2) is 6.66. The number of hydrogen-bond acceptors (Lipinski definition) is 3. The van der Waals surface area contributed by atoms with Crippen LogP contribution in [0.4, 0.5) is 0 Å². The third-order valence-electron chi connectivity index (χ3n) is 3.32. The number of carbonyl (C=O) groups is 1. The summed E-state index contributed by atoms with van der Waals surface area (Å²) in [6.45, 7) is 5.29. The van der Waals surface area contributed by atoms with Crippen LogP contribution in [0.15, 0.2) is 12.7 Å². The fourth-order valence-corrected chi connectivity index (χ4v) is 2.46. The molecule has 1 fully saturated rings. The van der Waals surface area contributed by atoms with Crippen molar-refractivity contribution in [2.75, 3.05) is 26.7 Å². The van der Waals surface area contributed by atoms with Crippen molar-refractivity contribution in [1.29, 1.82) is 0 Å². The molecule has 4 heteroatoms. The second-order valence-electron chi connectivity index (χ2n) is 4.50. The minimum Gasteiger partial charge on any atom is -0.352 e. The molecular weight excluding hydrogens is 202 g/mol. The van der Waals surface area contributed by atoms with Crippen LogP contribution < -0.4 is 11.1 Å². The van der Waals surface area contributed by atoms with Gasteiger partial charge in [0, 0.05) is 12.6 Å². The van der Waals surface area contributed by atoms with Crippen LogP contribution in [0, 0.1) is 5.92 Å². The molecule has 4 nitrogen and oxygen atoms in total. The van der Waals surface area contributed by atoms with E-state index in [0.29, 0.717) is 25.0 Å². The minimum absolute atomic E-state index is 0.0603. The standard InChI is InChI=1S/C12H23N3O/c1-3-7-14-12(16)9-15(2)11-6-4-5-10(11)8-13/h3,10-11H,1,4-9,13H2,2H3,(H,14,16). The van der Waals surface area contributed by atoms with Gasteiger partial charge in [-0.1, -0.05) is 12.5 Å². The van der Waals surface area contributed by atoms with Crippen molar-refractivity contribution in [3.05, 3.63) is 12.7 Å². The Bertz CT molecular complexity index is 242. The fourth-order valence-electron chi connectivity index (χ4n) is 2.46. The topological polar surface area (TPSA) is 58.4 Å². The minimum atomic E-state index is 0.0603. The molecule has 16 heavy (non-hydrogen) atoms. The molecule has 0 spiro atoms. The number of likely N-dealkylation sites (N-methyl/N-ethyl adjacent to an activating group) is 1. The van der Waals surface area contributed by atoms with E-state index in [1.54, 1.807) is 6.08 Å². The molecule has 2 unspecified atom stereocenters. The Morgan fingerprint density at radius 2 is 2.38 bits per heavy atom. The van der Waals surface area contributed by atoms with E-state index in [9.17, 15) is 4.79 Å². The number of nitrogens with two attached hydrogens (primary N) is 1. The summed E-state index contributed by atoms with van der Waals surface area (Å²) in [5.41, 5.74) is 5.73. The molecule has 2 atom stereocenters. The van der Waals surface area contributed by atoms with Gasteiger partial charge in [0.2, 0.25) is 5.91 Å². The number of carbonyl (C=O) groups excluding carboxylic acids is 1. The maximum Gasteiger partial charge on any atom is 0.234 e. The summed E-state index contributed by atoms with van der Waals surface area (Å²) in [6, 6.07) is 0.472. The highest BCUT2D eigenvalue weighted by Gasteiger charge is 2.29. The lowest BCUT2D eigenvalue weighted by Gasteiger charge is -2.28. The van der Waals surface area contributed by atoms with Gasteiger partial charge in [0.25, 0.3) is 0 Å². The Kier molecular flexibility index (Phi) is 5.49. The average molecular weight is 225 g/mol. The van der Waals surface area contributed by atoms with Gasteiger partial charge in [-0.05, 0) is 32.4 Å². The highest BCUT2D eigenvalue weighted by atomic mass is 16.2. The van der Waals surface area contributed by atoms with Crippen LogP contribution in [0.25, 0.3) is 0 Å². The lowest BCUT2D eigenvalue weighted by Crippen LogP contribution is -2.43. The summed E-state index contributed by atoms with van der Waals surface area (Å²) >= 11 is 0. The number of nitrogens with zero attached hydrogens (tertiary/aromatic N) is 1. The first-order valence-electron chi connectivity index (χ1n) is 5.97. The van der Waals surface area contributed by atoms with Crippen molar-refractivity contribution in [2.24, 2.45) is 11.7 Å². The summed E-state index contributed by atoms with van der Waals surface area (Å²) in [6.07, 6.45) is 5.27. The smallest absolute Gasteiger partial charge is 0.234 e. The number of nitrogens with one attached hydrogen (secondary N) is 1. The molecule has 0 aromatic heterocycles. The quantitative estimate of drug-likeness (QED) is 0.641. The van der Waals surface area contributed by atoms with E-state index >= 15 is 0 Å². The lowest BCUT2D eigenvalue weighted by atomic mass is 10.0. The maximum absolute atomic E-state index is 11.5. The van der Waals surface area contributed by atoms with E-state index in [-0.39, 0.29) is 5.91 Å². The zero-order chi connectivity index (χ0) is 12.0. The molecule has 1 saturated carbocycles. The summed E-state index contributed by atoms with van der Waals surface area (Å²) in [4.78, 5) is 13.7. The second-order valence-corrected chi connectivity index (χ2v) is 4.50. The zero-order valence-corrected chi connectivity index (χ0v) is 10.1. The molecule has 0 aliphatic heterocycles. The molecule has 0 saturated heterocycles. The predicted octanol–water partition coefficient (Wildman–Crippen LogP) is 0.348. The maximum atomic E-state index is 11.5. The third kappa shape index (κ3) is 3.61. The summed E-state index contributed by atoms with van der Waals surface area (Å²) in [5.74, 6) is 0.613. The van der Waals surface area contributed by atoms with Crippen LogP contribution in [-0.2, 0) is 4.79 Å². The lowest BCUT2D eigenvalue weighted by molar-refractivity contribution is -0.122. The van der Waals surface area contributed by atoms with Gasteiger partial charge in [-0.3, -0.25) is 9.69 Å². The monoisotopic (exact) mass is 225 g/mol. The van der Waals surface area contributed by atoms with E-state index in [1.807, 2.05) is 7.05 Å². The highest BCUT2D eigenvalue weighted by molar-refractivity contribution is 5.78. The van der Waals surface area contributed by atoms with Crippen molar-refractivity contribution in [3.63, 3.8) is 0 Å². The highest BCUT2D eigenvalue weighted by Crippen LogP contribution is 2.28. The molecule has 0 radical (unpaired) electrons. The summed E-state index contributed by atoms with van der Waals surface area (Å²) < 4.78 is 0. The summed E-state index contributed by atoms with van der Waals surface area (Å²) in [7, 11) is 2.01. The average Bonchev–Trinajstić information content (AvgIpc) is 2.74. The van der Waals surface area contributed by atoms with E-state index in [4.69, 9.17) is 5.73 Å². The van der Waals surface area contributed by atoms with Crippen LogP contribution in [0.3, 0.4) is 0 Å². The Morgan fingerprint density at radius 1 is 1.62 bits per heavy atom. The Balaban J connectivity index is 2.35. The van der Waals surface area contributed by atoms with E-state index in [0.717, 1.165) is 13.0 Å². The first kappa shape index (κ1) is 13.2. The molecule has 1 aliphatic carbocycles. The van der Waals surface area contributed by atoms with Crippen molar-refractivity contribution >= 4 is 5.91 Å². The number of amides is 1. The Labute approximate surface area is 97.9 Å². The number of rotatable bonds is 6. The Hall–Kier alpha value is -0.870. The molecule has 1 amide bonds. The molecule has 0 bridgehead atoms. The van der Waals surface area contributed by atoms with Gasteiger partial charge >= 0.3 is 0 Å². The van der Waals surface area contributed by atoms with Gasteiger partial charge in [0.15, 0.2) is 0 Å². The zero-order valence-electron chi connectivity index (χ0n) is 10.1. The molecule has 92 valence electrons. The third-order valence-corrected chi connectivity index (χ3v) is 3.32. The van der Waals surface area contributed by atoms with Crippen LogP contribution in [-0.4, -0.2) is 43.5 Å². The van der Waals surface area contributed by atoms with Crippen molar-refractivity contribution in [3.8, 4) is 0 Å². The number of hydrogen-bond donors (Lipinski definition) is 2. The van der Waals surface area contributed by atoms with Gasteiger partial charge < -0.3 is 11.1 Å². The first-order chi connectivity index (χ1) is 7.69. The molecule has 3 N–H and O–H groups in total. The molecule has 0 aromatic rings. The van der Waals surface area contributed by atoms with Gasteiger partial charge in [0.1, 0.15) is 0 Å². The van der Waals surface area contributed by atoms with Gasteiger partial charge in [-0.15, -0.1) is 6.58 Å². The largest absolute Gasteiger partial charge is 0.352 e. The SMILES string of the molecule is C=CCNC(=O)CN(C)C1CCCC1CN. The molecular formula is C12H23N3O. The van der Waals surface area contributed by atoms with E-state index < -0.39 is 0 Å². The molecule has 1 aliphatic rings. The van der Waals surface area contributed by atoms with Gasteiger partial charge in [0.05, 0.1) is 6.54 Å². The fraction of sp³-hybridized carbons (Fsp3) is 0.750. The predicted molar refractivity (Wildman–Crippen MR) is 66.0 cm³/mol. The van der Waals surface area contributed by atoms with E-state index in [2.05, 4.69) is 16.8 Å². The van der Waals surface area contributed by atoms with Crippen molar-refractivity contribution in [2.45, 2.75) is 25.3 Å². The van der Waals surface area contributed by atoms with Crippen LogP contribution >= 0.6 is 0 Å². The van der Waals surface area contributed by atoms with Crippen molar-refractivity contribution in [1.82, 2.24) is 10.2 Å². The van der Waals surface area contributed by atoms with E-state index in [1.165, 1.54) is 12.8 Å². The van der Waals surface area contributed by atoms with Gasteiger partial charge in [-0.2, -0.15) is 0 Å². The molecule has 1 rings (SSSR count). The van der Waals surface area contributed by atoms with Crippen LogP contribution in [0.5, 0.6) is 0 Å². The van der Waals surface area contributed by atoms with Crippen LogP contribution in [0.1, 0.15) is 19.3 Å². The normalized spacial score (nSPS) is 24.7. The Morgan fingerprint density at radius 3 is 3.00 bits per heavy atom. The first-order valence-corrected chi connectivity index (χ1v) is 5.97. The molecule has 0 aromatic carbocycles. The van der Waals surface area contributed by atoms with Crippen LogP contribution in [0.2, 0.25) is 0 Å². The van der Waals surface area contributed by atoms with Gasteiger partial charge in [-0.25, -0.2) is 0 Å². The summed E-state index contributed by atoms with van der Waals surface area (Å²) in [5, 5.41) is 2.79.